The molecule has 3 nitrogen and oxygen atoms in total. The van der Waals surface area contributed by atoms with Crippen molar-refractivity contribution in [1.82, 2.24) is 4.90 Å². The van der Waals surface area contributed by atoms with Crippen LogP contribution in [-0.4, -0.2) is 29.9 Å². The number of carbonyl (C=O) groups excluding carboxylic acids is 1. The Morgan fingerprint density at radius 1 is 1.33 bits per heavy atom. The second-order valence-corrected chi connectivity index (χ2v) is 6.44. The molecular formula is C15H28N2O. The third kappa shape index (κ3) is 2.56. The Morgan fingerprint density at radius 3 is 2.50 bits per heavy atom. The minimum absolute atomic E-state index is 0.0679. The lowest BCUT2D eigenvalue weighted by molar-refractivity contribution is -0.143. The van der Waals surface area contributed by atoms with Gasteiger partial charge in [-0.2, -0.15) is 0 Å². The largest absolute Gasteiger partial charge is 0.342 e. The second-order valence-electron chi connectivity index (χ2n) is 6.44. The van der Waals surface area contributed by atoms with Crippen molar-refractivity contribution in [2.24, 2.45) is 17.1 Å². The van der Waals surface area contributed by atoms with Gasteiger partial charge in [-0.25, -0.2) is 0 Å². The molecule has 2 N–H and O–H groups in total. The summed E-state index contributed by atoms with van der Waals surface area (Å²) in [5, 5.41) is 0. The van der Waals surface area contributed by atoms with Crippen LogP contribution in [0.25, 0.3) is 0 Å². The van der Waals surface area contributed by atoms with E-state index >= 15 is 0 Å². The topological polar surface area (TPSA) is 46.3 Å². The number of nitrogens with zero attached hydrogens (tertiary/aromatic N) is 1. The molecule has 1 amide bonds. The minimum Gasteiger partial charge on any atom is -0.342 e. The van der Waals surface area contributed by atoms with Crippen LogP contribution >= 0.6 is 0 Å². The average Bonchev–Trinajstić information content (AvgIpc) is 2.71. The summed E-state index contributed by atoms with van der Waals surface area (Å²) in [5.74, 6) is 1.16. The van der Waals surface area contributed by atoms with E-state index in [0.29, 0.717) is 5.91 Å². The molecular weight excluding hydrogens is 224 g/mol. The first-order valence-corrected chi connectivity index (χ1v) is 7.63. The third-order valence-electron chi connectivity index (χ3n) is 5.12. The van der Waals surface area contributed by atoms with E-state index in [4.69, 9.17) is 5.73 Å². The molecule has 3 heteroatoms. The molecule has 1 heterocycles. The van der Waals surface area contributed by atoms with E-state index < -0.39 is 0 Å². The van der Waals surface area contributed by atoms with E-state index in [0.717, 1.165) is 38.3 Å². The predicted octanol–water partition coefficient (Wildman–Crippen LogP) is 2.54. The van der Waals surface area contributed by atoms with Crippen molar-refractivity contribution in [3.8, 4) is 0 Å². The molecule has 0 radical (unpaired) electrons. The SMILES string of the molecule is CCCC1CCN(C(=O)C2(C)CCCC2N)CC1. The fraction of sp³-hybridized carbons (Fsp3) is 0.933. The highest BCUT2D eigenvalue weighted by Crippen LogP contribution is 2.39. The van der Waals surface area contributed by atoms with Gasteiger partial charge in [0.2, 0.25) is 5.91 Å². The Morgan fingerprint density at radius 2 is 2.00 bits per heavy atom. The van der Waals surface area contributed by atoms with E-state index in [1.165, 1.54) is 25.7 Å². The lowest BCUT2D eigenvalue weighted by Crippen LogP contribution is -2.51. The van der Waals surface area contributed by atoms with Gasteiger partial charge in [0.25, 0.3) is 0 Å². The van der Waals surface area contributed by atoms with Crippen LogP contribution in [0.4, 0.5) is 0 Å². The van der Waals surface area contributed by atoms with Gasteiger partial charge in [0.05, 0.1) is 5.41 Å². The van der Waals surface area contributed by atoms with Crippen LogP contribution < -0.4 is 5.73 Å². The highest BCUT2D eigenvalue weighted by molar-refractivity contribution is 5.83. The van der Waals surface area contributed by atoms with Gasteiger partial charge in [-0.05, 0) is 38.5 Å². The van der Waals surface area contributed by atoms with Gasteiger partial charge in [-0.15, -0.1) is 0 Å². The molecule has 1 saturated heterocycles. The Bertz CT molecular complexity index is 297. The van der Waals surface area contributed by atoms with Crippen LogP contribution in [0.2, 0.25) is 0 Å². The van der Waals surface area contributed by atoms with Crippen LogP contribution in [0.15, 0.2) is 0 Å². The lowest BCUT2D eigenvalue weighted by Gasteiger charge is -2.38. The first-order chi connectivity index (χ1) is 8.58. The molecule has 2 unspecified atom stereocenters. The molecule has 0 bridgehead atoms. The molecule has 2 atom stereocenters. The molecule has 2 aliphatic rings. The highest BCUT2D eigenvalue weighted by atomic mass is 16.2. The van der Waals surface area contributed by atoms with Gasteiger partial charge >= 0.3 is 0 Å². The molecule has 0 aromatic rings. The van der Waals surface area contributed by atoms with Crippen molar-refractivity contribution < 1.29 is 4.79 Å². The zero-order chi connectivity index (χ0) is 13.2. The third-order valence-corrected chi connectivity index (χ3v) is 5.12. The van der Waals surface area contributed by atoms with Gasteiger partial charge < -0.3 is 10.6 Å². The van der Waals surface area contributed by atoms with Crippen molar-refractivity contribution in [3.63, 3.8) is 0 Å². The van der Waals surface area contributed by atoms with Crippen molar-refractivity contribution in [1.29, 1.82) is 0 Å². The quantitative estimate of drug-likeness (QED) is 0.839. The molecule has 18 heavy (non-hydrogen) atoms. The van der Waals surface area contributed by atoms with Gasteiger partial charge in [0.15, 0.2) is 0 Å². The van der Waals surface area contributed by atoms with Crippen molar-refractivity contribution in [3.05, 3.63) is 0 Å². The summed E-state index contributed by atoms with van der Waals surface area (Å²) >= 11 is 0. The smallest absolute Gasteiger partial charge is 0.230 e. The number of amides is 1. The Labute approximate surface area is 111 Å². The molecule has 1 aliphatic heterocycles. The van der Waals surface area contributed by atoms with Crippen LogP contribution in [-0.2, 0) is 4.79 Å². The number of piperidine rings is 1. The van der Waals surface area contributed by atoms with E-state index in [1.54, 1.807) is 0 Å². The minimum atomic E-state index is -0.280. The van der Waals surface area contributed by atoms with E-state index in [2.05, 4.69) is 18.7 Å². The maximum Gasteiger partial charge on any atom is 0.230 e. The summed E-state index contributed by atoms with van der Waals surface area (Å²) in [6, 6.07) is 0.0679. The number of likely N-dealkylation sites (tertiary alicyclic amines) is 1. The van der Waals surface area contributed by atoms with Gasteiger partial charge in [0.1, 0.15) is 0 Å². The van der Waals surface area contributed by atoms with Gasteiger partial charge in [0, 0.05) is 19.1 Å². The number of nitrogens with two attached hydrogens (primary N) is 1. The maximum absolute atomic E-state index is 12.6. The van der Waals surface area contributed by atoms with E-state index in [9.17, 15) is 4.79 Å². The summed E-state index contributed by atoms with van der Waals surface area (Å²) in [4.78, 5) is 14.7. The van der Waals surface area contributed by atoms with Crippen LogP contribution in [0.3, 0.4) is 0 Å². The Hall–Kier alpha value is -0.570. The molecule has 104 valence electrons. The monoisotopic (exact) mass is 252 g/mol. The van der Waals surface area contributed by atoms with Crippen molar-refractivity contribution in [2.45, 2.75) is 64.8 Å². The zero-order valence-electron chi connectivity index (χ0n) is 12.0. The Kier molecular flexibility index (Phi) is 4.31. The van der Waals surface area contributed by atoms with Crippen LogP contribution in [0.5, 0.6) is 0 Å². The molecule has 0 aromatic heterocycles. The second kappa shape index (κ2) is 5.60. The maximum atomic E-state index is 12.6. The average molecular weight is 252 g/mol. The number of rotatable bonds is 3. The fourth-order valence-electron chi connectivity index (χ4n) is 3.65. The number of carbonyl (C=O) groups is 1. The number of hydrogen-bond donors (Lipinski definition) is 1. The molecule has 2 rings (SSSR count). The van der Waals surface area contributed by atoms with Crippen molar-refractivity contribution in [2.75, 3.05) is 13.1 Å². The summed E-state index contributed by atoms with van der Waals surface area (Å²) in [6.45, 7) is 6.22. The van der Waals surface area contributed by atoms with E-state index in [-0.39, 0.29) is 11.5 Å². The van der Waals surface area contributed by atoms with Crippen LogP contribution in [0.1, 0.15) is 58.8 Å². The Balaban J connectivity index is 1.91. The number of hydrogen-bond acceptors (Lipinski definition) is 2. The normalized spacial score (nSPS) is 33.9. The fourth-order valence-corrected chi connectivity index (χ4v) is 3.65. The first-order valence-electron chi connectivity index (χ1n) is 7.63. The molecule has 1 aliphatic carbocycles. The molecule has 2 fully saturated rings. The standard InChI is InChI=1S/C15H28N2O/c1-3-5-12-7-10-17(11-8-12)14(18)15(2)9-4-6-13(15)16/h12-13H,3-11,16H2,1-2H3. The summed E-state index contributed by atoms with van der Waals surface area (Å²) in [5.41, 5.74) is 5.87. The zero-order valence-corrected chi connectivity index (χ0v) is 12.0. The summed E-state index contributed by atoms with van der Waals surface area (Å²) in [6.07, 6.45) is 8.04. The summed E-state index contributed by atoms with van der Waals surface area (Å²) < 4.78 is 0. The lowest BCUT2D eigenvalue weighted by atomic mass is 9.82. The van der Waals surface area contributed by atoms with Gasteiger partial charge in [-0.3, -0.25) is 4.79 Å². The van der Waals surface area contributed by atoms with Gasteiger partial charge in [-0.1, -0.05) is 26.2 Å². The highest BCUT2D eigenvalue weighted by Gasteiger charge is 2.45. The first kappa shape index (κ1) is 13.9. The predicted molar refractivity (Wildman–Crippen MR) is 74.1 cm³/mol. The van der Waals surface area contributed by atoms with Crippen molar-refractivity contribution >= 4 is 5.91 Å². The van der Waals surface area contributed by atoms with E-state index in [1.807, 2.05) is 0 Å². The summed E-state index contributed by atoms with van der Waals surface area (Å²) in [7, 11) is 0. The molecule has 0 aromatic carbocycles. The molecule has 0 spiro atoms. The molecule has 1 saturated carbocycles. The van der Waals surface area contributed by atoms with Crippen LogP contribution in [0, 0.1) is 11.3 Å².